The maximum absolute atomic E-state index is 12.1. The number of hydrogen-bond donors (Lipinski definition) is 0. The van der Waals surface area contributed by atoms with Crippen LogP contribution in [0.1, 0.15) is 5.56 Å². The SMILES string of the molecule is F[B-](F)(F)c1ccc(CBr)cc1. The maximum Gasteiger partial charge on any atom is 0.509 e. The quantitative estimate of drug-likeness (QED) is 0.548. The van der Waals surface area contributed by atoms with Crippen LogP contribution < -0.4 is 5.46 Å². The highest BCUT2D eigenvalue weighted by molar-refractivity contribution is 9.08. The summed E-state index contributed by atoms with van der Waals surface area (Å²) in [6, 6.07) is 5.16. The molecule has 0 unspecified atom stereocenters. The molecule has 0 N–H and O–H groups in total. The molecule has 0 nitrogen and oxygen atoms in total. The van der Waals surface area contributed by atoms with Crippen molar-refractivity contribution in [1.29, 1.82) is 0 Å². The fourth-order valence-corrected chi connectivity index (χ4v) is 1.20. The van der Waals surface area contributed by atoms with E-state index >= 15 is 0 Å². The summed E-state index contributed by atoms with van der Waals surface area (Å²) < 4.78 is 36.2. The second-order valence-electron chi connectivity index (χ2n) is 2.45. The van der Waals surface area contributed by atoms with Gasteiger partial charge in [-0.15, -0.1) is 5.46 Å². The monoisotopic (exact) mass is 237 g/mol. The van der Waals surface area contributed by atoms with Crippen LogP contribution in [0, 0.1) is 0 Å². The molecule has 0 aliphatic carbocycles. The van der Waals surface area contributed by atoms with Crippen LogP contribution in [0.5, 0.6) is 0 Å². The van der Waals surface area contributed by atoms with Gasteiger partial charge in [-0.1, -0.05) is 40.2 Å². The molecule has 0 aromatic heterocycles. The summed E-state index contributed by atoms with van der Waals surface area (Å²) in [4.78, 5) is 0. The lowest BCUT2D eigenvalue weighted by atomic mass is 9.80. The summed E-state index contributed by atoms with van der Waals surface area (Å²) in [5.74, 6) is 0. The van der Waals surface area contributed by atoms with E-state index in [2.05, 4.69) is 15.9 Å². The zero-order chi connectivity index (χ0) is 9.19. The Hall–Kier alpha value is -0.445. The van der Waals surface area contributed by atoms with Crippen LogP contribution in [0.4, 0.5) is 12.9 Å². The first-order chi connectivity index (χ1) is 5.54. The predicted octanol–water partition coefficient (Wildman–Crippen LogP) is 2.64. The molecular formula is C7H6BBrF3-. The molecule has 0 aliphatic heterocycles. The Kier molecular flexibility index (Phi) is 2.83. The zero-order valence-corrected chi connectivity index (χ0v) is 7.69. The second kappa shape index (κ2) is 3.52. The Labute approximate surface area is 77.0 Å². The molecule has 0 heterocycles. The topological polar surface area (TPSA) is 0 Å². The van der Waals surface area contributed by atoms with Crippen LogP contribution in [-0.4, -0.2) is 6.98 Å². The molecule has 0 fully saturated rings. The molecule has 0 saturated heterocycles. The third kappa shape index (κ3) is 2.27. The van der Waals surface area contributed by atoms with Crippen molar-refractivity contribution in [3.63, 3.8) is 0 Å². The minimum Gasteiger partial charge on any atom is -0.445 e. The highest BCUT2D eigenvalue weighted by Gasteiger charge is 2.24. The molecule has 1 aromatic rings. The van der Waals surface area contributed by atoms with Gasteiger partial charge in [0.05, 0.1) is 0 Å². The van der Waals surface area contributed by atoms with Crippen molar-refractivity contribution < 1.29 is 12.9 Å². The Morgan fingerprint density at radius 1 is 1.08 bits per heavy atom. The highest BCUT2D eigenvalue weighted by Crippen LogP contribution is 2.10. The molecule has 0 bridgehead atoms. The summed E-state index contributed by atoms with van der Waals surface area (Å²) in [5.41, 5.74) is 0.304. The molecule has 12 heavy (non-hydrogen) atoms. The average Bonchev–Trinajstić information content (AvgIpc) is 2.03. The van der Waals surface area contributed by atoms with E-state index in [9.17, 15) is 12.9 Å². The van der Waals surface area contributed by atoms with E-state index in [1.54, 1.807) is 0 Å². The minimum absolute atomic E-state index is 0.542. The molecule has 1 aromatic carbocycles. The Balaban J connectivity index is 2.93. The van der Waals surface area contributed by atoms with Gasteiger partial charge in [-0.3, -0.25) is 0 Å². The Morgan fingerprint density at radius 3 is 1.92 bits per heavy atom. The molecule has 1 rings (SSSR count). The van der Waals surface area contributed by atoms with Crippen LogP contribution in [-0.2, 0) is 5.33 Å². The van der Waals surface area contributed by atoms with Crippen LogP contribution >= 0.6 is 15.9 Å². The molecule has 0 spiro atoms. The van der Waals surface area contributed by atoms with Gasteiger partial charge in [-0.25, -0.2) is 0 Å². The lowest BCUT2D eigenvalue weighted by molar-refractivity contribution is 0.501. The van der Waals surface area contributed by atoms with Crippen molar-refractivity contribution in [2.45, 2.75) is 5.33 Å². The van der Waals surface area contributed by atoms with Gasteiger partial charge in [0.1, 0.15) is 0 Å². The van der Waals surface area contributed by atoms with E-state index in [1.165, 1.54) is 12.1 Å². The van der Waals surface area contributed by atoms with Gasteiger partial charge in [-0.2, -0.15) is 0 Å². The van der Waals surface area contributed by atoms with Gasteiger partial charge in [0.2, 0.25) is 0 Å². The van der Waals surface area contributed by atoms with Gasteiger partial charge < -0.3 is 12.9 Å². The molecule has 0 radical (unpaired) electrons. The Morgan fingerprint density at radius 2 is 1.58 bits per heavy atom. The molecule has 0 amide bonds. The molecular weight excluding hydrogens is 232 g/mol. The molecule has 5 heteroatoms. The number of hydrogen-bond acceptors (Lipinski definition) is 0. The normalized spacial score (nSPS) is 11.7. The van der Waals surface area contributed by atoms with Gasteiger partial charge in [-0.05, 0) is 5.56 Å². The van der Waals surface area contributed by atoms with Gasteiger partial charge in [0, 0.05) is 5.33 Å². The lowest BCUT2D eigenvalue weighted by Crippen LogP contribution is -2.33. The van der Waals surface area contributed by atoms with E-state index in [4.69, 9.17) is 0 Å². The smallest absolute Gasteiger partial charge is 0.445 e. The molecule has 0 saturated carbocycles. The van der Waals surface area contributed by atoms with Crippen molar-refractivity contribution >= 4 is 28.4 Å². The third-order valence-corrected chi connectivity index (χ3v) is 2.16. The standard InChI is InChI=1S/C7H6BBrF3/c9-5-6-1-3-7(4-2-6)8(10,11)12/h1-4H,5H2/q-1. The van der Waals surface area contributed by atoms with E-state index in [0.717, 1.165) is 17.7 Å². The predicted molar refractivity (Wildman–Crippen MR) is 47.8 cm³/mol. The van der Waals surface area contributed by atoms with Crippen molar-refractivity contribution in [3.8, 4) is 0 Å². The second-order valence-corrected chi connectivity index (χ2v) is 3.01. The Bertz CT molecular complexity index is 254. The van der Waals surface area contributed by atoms with Crippen molar-refractivity contribution in [2.24, 2.45) is 0 Å². The number of alkyl halides is 1. The molecule has 66 valence electrons. The fourth-order valence-electron chi connectivity index (χ4n) is 0.825. The van der Waals surface area contributed by atoms with E-state index in [1.807, 2.05) is 0 Å². The third-order valence-electron chi connectivity index (χ3n) is 1.51. The van der Waals surface area contributed by atoms with Gasteiger partial charge in [0.15, 0.2) is 0 Å². The number of halogens is 4. The summed E-state index contributed by atoms with van der Waals surface area (Å²) in [7, 11) is 0. The van der Waals surface area contributed by atoms with Crippen LogP contribution in [0.2, 0.25) is 0 Å². The first-order valence-corrected chi connectivity index (χ1v) is 4.51. The summed E-state index contributed by atoms with van der Waals surface area (Å²) in [6.07, 6.45) is 0. The van der Waals surface area contributed by atoms with Crippen LogP contribution in [0.15, 0.2) is 24.3 Å². The number of benzene rings is 1. The fraction of sp³-hybridized carbons (Fsp3) is 0.143. The largest absolute Gasteiger partial charge is 0.509 e. The van der Waals surface area contributed by atoms with E-state index < -0.39 is 12.4 Å². The van der Waals surface area contributed by atoms with Crippen molar-refractivity contribution in [1.82, 2.24) is 0 Å². The van der Waals surface area contributed by atoms with Gasteiger partial charge >= 0.3 is 6.98 Å². The maximum atomic E-state index is 12.1. The first-order valence-electron chi connectivity index (χ1n) is 3.39. The van der Waals surface area contributed by atoms with Crippen LogP contribution in [0.25, 0.3) is 0 Å². The summed E-state index contributed by atoms with van der Waals surface area (Å²) in [6.45, 7) is -4.84. The highest BCUT2D eigenvalue weighted by atomic mass is 79.9. The molecule has 0 aliphatic rings. The summed E-state index contributed by atoms with van der Waals surface area (Å²) >= 11 is 3.16. The van der Waals surface area contributed by atoms with E-state index in [0.29, 0.717) is 5.33 Å². The minimum atomic E-state index is -4.84. The van der Waals surface area contributed by atoms with Crippen molar-refractivity contribution in [2.75, 3.05) is 0 Å². The first kappa shape index (κ1) is 9.64. The summed E-state index contributed by atoms with van der Waals surface area (Å²) in [5, 5.41) is 0.581. The van der Waals surface area contributed by atoms with Gasteiger partial charge in [0.25, 0.3) is 0 Å². The molecule has 0 atom stereocenters. The lowest BCUT2D eigenvalue weighted by Gasteiger charge is -2.14. The van der Waals surface area contributed by atoms with Crippen molar-refractivity contribution in [3.05, 3.63) is 29.8 Å². The number of rotatable bonds is 2. The van der Waals surface area contributed by atoms with Crippen LogP contribution in [0.3, 0.4) is 0 Å². The zero-order valence-electron chi connectivity index (χ0n) is 6.11. The average molecular weight is 238 g/mol. The van der Waals surface area contributed by atoms with E-state index in [-0.39, 0.29) is 0 Å².